The molecule has 2 rings (SSSR count). The predicted octanol–water partition coefficient (Wildman–Crippen LogP) is 1.28. The largest absolute Gasteiger partial charge is 0.360 e. The summed E-state index contributed by atoms with van der Waals surface area (Å²) in [6.07, 6.45) is 2.69. The Morgan fingerprint density at radius 1 is 1.32 bits per heavy atom. The summed E-state index contributed by atoms with van der Waals surface area (Å²) in [5.74, 6) is 0.0592. The van der Waals surface area contributed by atoms with Crippen LogP contribution in [0.5, 0.6) is 0 Å². The van der Waals surface area contributed by atoms with Gasteiger partial charge in [0.25, 0.3) is 0 Å². The predicted molar refractivity (Wildman–Crippen MR) is 73.5 cm³/mol. The number of ketones is 1. The molecule has 1 atom stereocenters. The van der Waals surface area contributed by atoms with E-state index >= 15 is 0 Å². The molecule has 5 nitrogen and oxygen atoms in total. The van der Waals surface area contributed by atoms with Crippen molar-refractivity contribution in [3.8, 4) is 0 Å². The van der Waals surface area contributed by atoms with Crippen LogP contribution in [0.3, 0.4) is 0 Å². The molecule has 0 saturated carbocycles. The van der Waals surface area contributed by atoms with Gasteiger partial charge in [-0.1, -0.05) is 12.1 Å². The third kappa shape index (κ3) is 2.96. The average molecular weight is 282 g/mol. The van der Waals surface area contributed by atoms with Gasteiger partial charge in [-0.25, -0.2) is 13.6 Å². The zero-order valence-corrected chi connectivity index (χ0v) is 11.7. The Hall–Kier alpha value is -1.40. The lowest BCUT2D eigenvalue weighted by Crippen LogP contribution is -2.44. The number of Topliss-reactive ketones (excluding diaryl/α,β-unsaturated/α-hetero) is 1. The molecule has 1 aliphatic heterocycles. The van der Waals surface area contributed by atoms with Gasteiger partial charge in [0.2, 0.25) is 10.0 Å². The second kappa shape index (κ2) is 5.30. The third-order valence-corrected chi connectivity index (χ3v) is 4.41. The first-order valence-electron chi connectivity index (χ1n) is 6.30. The van der Waals surface area contributed by atoms with Gasteiger partial charge in [-0.2, -0.15) is 0 Å². The minimum absolute atomic E-state index is 0.0592. The zero-order chi connectivity index (χ0) is 14.0. The fourth-order valence-corrected chi connectivity index (χ4v) is 3.32. The molecule has 0 bridgehead atoms. The minimum Gasteiger partial charge on any atom is -0.360 e. The number of para-hydroxylation sites is 1. The first-order chi connectivity index (χ1) is 8.91. The Morgan fingerprint density at radius 3 is 2.63 bits per heavy atom. The summed E-state index contributed by atoms with van der Waals surface area (Å²) in [7, 11) is -3.78. The SMILES string of the molecule is CC(=O)C1CCCCN1c1ccccc1S(N)(=O)=O. The molecule has 0 aliphatic carbocycles. The number of carbonyl (C=O) groups is 1. The molecular weight excluding hydrogens is 264 g/mol. The number of hydrogen-bond acceptors (Lipinski definition) is 4. The molecule has 104 valence electrons. The highest BCUT2D eigenvalue weighted by Gasteiger charge is 2.29. The molecule has 0 aromatic heterocycles. The van der Waals surface area contributed by atoms with Crippen LogP contribution < -0.4 is 10.0 Å². The van der Waals surface area contributed by atoms with E-state index in [4.69, 9.17) is 5.14 Å². The smallest absolute Gasteiger partial charge is 0.240 e. The molecule has 1 aliphatic rings. The highest BCUT2D eigenvalue weighted by molar-refractivity contribution is 7.89. The Kier molecular flexibility index (Phi) is 3.91. The van der Waals surface area contributed by atoms with E-state index in [1.807, 2.05) is 4.90 Å². The molecule has 1 aromatic rings. The van der Waals surface area contributed by atoms with E-state index in [0.29, 0.717) is 12.2 Å². The second-order valence-electron chi connectivity index (χ2n) is 4.83. The Bertz CT molecular complexity index is 583. The van der Waals surface area contributed by atoms with Crippen LogP contribution in [0.4, 0.5) is 5.69 Å². The van der Waals surface area contributed by atoms with Gasteiger partial charge in [-0.3, -0.25) is 4.79 Å². The molecule has 0 radical (unpaired) electrons. The number of sulfonamides is 1. The second-order valence-corrected chi connectivity index (χ2v) is 6.36. The van der Waals surface area contributed by atoms with Crippen molar-refractivity contribution < 1.29 is 13.2 Å². The van der Waals surface area contributed by atoms with E-state index < -0.39 is 10.0 Å². The summed E-state index contributed by atoms with van der Waals surface area (Å²) in [5, 5.41) is 5.25. The molecule has 1 saturated heterocycles. The Labute approximate surface area is 113 Å². The lowest BCUT2D eigenvalue weighted by Gasteiger charge is -2.36. The normalized spacial score (nSPS) is 20.3. The van der Waals surface area contributed by atoms with Gasteiger partial charge in [0.1, 0.15) is 4.90 Å². The number of anilines is 1. The topological polar surface area (TPSA) is 80.5 Å². The minimum atomic E-state index is -3.78. The number of benzene rings is 1. The maximum Gasteiger partial charge on any atom is 0.240 e. The molecule has 1 fully saturated rings. The molecule has 0 spiro atoms. The van der Waals surface area contributed by atoms with E-state index in [1.165, 1.54) is 6.07 Å². The lowest BCUT2D eigenvalue weighted by molar-refractivity contribution is -0.118. The van der Waals surface area contributed by atoms with E-state index in [9.17, 15) is 13.2 Å². The van der Waals surface area contributed by atoms with Gasteiger partial charge >= 0.3 is 0 Å². The highest BCUT2D eigenvalue weighted by Crippen LogP contribution is 2.30. The first kappa shape index (κ1) is 14.0. The summed E-state index contributed by atoms with van der Waals surface area (Å²) in [6.45, 7) is 2.22. The van der Waals surface area contributed by atoms with E-state index in [0.717, 1.165) is 19.3 Å². The number of nitrogens with zero attached hydrogens (tertiary/aromatic N) is 1. The van der Waals surface area contributed by atoms with Crippen molar-refractivity contribution in [2.75, 3.05) is 11.4 Å². The van der Waals surface area contributed by atoms with Gasteiger partial charge < -0.3 is 4.90 Å². The lowest BCUT2D eigenvalue weighted by atomic mass is 9.98. The van der Waals surface area contributed by atoms with Crippen LogP contribution in [0.25, 0.3) is 0 Å². The molecule has 0 amide bonds. The van der Waals surface area contributed by atoms with Crippen molar-refractivity contribution in [3.63, 3.8) is 0 Å². The highest BCUT2D eigenvalue weighted by atomic mass is 32.2. The van der Waals surface area contributed by atoms with Crippen LogP contribution in [0.15, 0.2) is 29.2 Å². The van der Waals surface area contributed by atoms with Crippen LogP contribution >= 0.6 is 0 Å². The average Bonchev–Trinajstić information content (AvgIpc) is 2.37. The molecule has 1 unspecified atom stereocenters. The van der Waals surface area contributed by atoms with E-state index in [-0.39, 0.29) is 16.7 Å². The van der Waals surface area contributed by atoms with Crippen molar-refractivity contribution in [1.29, 1.82) is 0 Å². The van der Waals surface area contributed by atoms with E-state index in [2.05, 4.69) is 0 Å². The monoisotopic (exact) mass is 282 g/mol. The van der Waals surface area contributed by atoms with Gasteiger partial charge in [0.05, 0.1) is 11.7 Å². The van der Waals surface area contributed by atoms with Crippen LogP contribution in [0.1, 0.15) is 26.2 Å². The number of rotatable bonds is 3. The van der Waals surface area contributed by atoms with E-state index in [1.54, 1.807) is 25.1 Å². The molecule has 1 aromatic carbocycles. The zero-order valence-electron chi connectivity index (χ0n) is 10.9. The Balaban J connectivity index is 2.48. The van der Waals surface area contributed by atoms with Crippen molar-refractivity contribution in [1.82, 2.24) is 0 Å². The van der Waals surface area contributed by atoms with Crippen LogP contribution in [0.2, 0.25) is 0 Å². The van der Waals surface area contributed by atoms with Gasteiger partial charge in [0, 0.05) is 6.54 Å². The molecule has 6 heteroatoms. The maximum absolute atomic E-state index is 11.7. The fourth-order valence-electron chi connectivity index (χ4n) is 2.58. The summed E-state index contributed by atoms with van der Waals surface area (Å²) in [6, 6.07) is 6.33. The van der Waals surface area contributed by atoms with Crippen molar-refractivity contribution in [3.05, 3.63) is 24.3 Å². The standard InChI is InChI=1S/C13H18N2O3S/c1-10(16)11-6-4-5-9-15(11)12-7-2-3-8-13(12)19(14,17)18/h2-3,7-8,11H,4-6,9H2,1H3,(H2,14,17,18). The maximum atomic E-state index is 11.7. The van der Waals surface area contributed by atoms with Crippen LogP contribution in [0, 0.1) is 0 Å². The quantitative estimate of drug-likeness (QED) is 0.905. The van der Waals surface area contributed by atoms with Gasteiger partial charge in [0.15, 0.2) is 5.78 Å². The van der Waals surface area contributed by atoms with Crippen molar-refractivity contribution in [2.24, 2.45) is 5.14 Å². The van der Waals surface area contributed by atoms with Crippen molar-refractivity contribution in [2.45, 2.75) is 37.1 Å². The summed E-state index contributed by atoms with van der Waals surface area (Å²) in [4.78, 5) is 13.7. The molecular formula is C13H18N2O3S. The summed E-state index contributed by atoms with van der Waals surface area (Å²) < 4.78 is 23.3. The summed E-state index contributed by atoms with van der Waals surface area (Å²) >= 11 is 0. The third-order valence-electron chi connectivity index (χ3n) is 3.45. The van der Waals surface area contributed by atoms with Crippen molar-refractivity contribution >= 4 is 21.5 Å². The number of carbonyl (C=O) groups excluding carboxylic acids is 1. The number of hydrogen-bond donors (Lipinski definition) is 1. The molecule has 2 N–H and O–H groups in total. The number of primary sulfonamides is 1. The van der Waals surface area contributed by atoms with Gasteiger partial charge in [-0.05, 0) is 38.3 Å². The fraction of sp³-hybridized carbons (Fsp3) is 0.462. The van der Waals surface area contributed by atoms with Gasteiger partial charge in [-0.15, -0.1) is 0 Å². The summed E-state index contributed by atoms with van der Waals surface area (Å²) in [5.41, 5.74) is 0.532. The molecule has 1 heterocycles. The van der Waals surface area contributed by atoms with Crippen LogP contribution in [-0.2, 0) is 14.8 Å². The first-order valence-corrected chi connectivity index (χ1v) is 7.85. The van der Waals surface area contributed by atoms with Crippen LogP contribution in [-0.4, -0.2) is 26.8 Å². The molecule has 19 heavy (non-hydrogen) atoms. The number of nitrogens with two attached hydrogens (primary N) is 1. The Morgan fingerprint density at radius 2 is 2.00 bits per heavy atom. The number of piperidine rings is 1.